The molecule has 1 aliphatic heterocycles. The van der Waals surface area contributed by atoms with Gasteiger partial charge in [0.2, 0.25) is 0 Å². The molecule has 118 valence electrons. The van der Waals surface area contributed by atoms with Gasteiger partial charge in [-0.15, -0.1) is 0 Å². The van der Waals surface area contributed by atoms with Crippen LogP contribution in [0.5, 0.6) is 0 Å². The Hall–Kier alpha value is -0.0800. The summed E-state index contributed by atoms with van der Waals surface area (Å²) in [5.41, 5.74) is 0.501. The van der Waals surface area contributed by atoms with Gasteiger partial charge in [-0.3, -0.25) is 0 Å². The zero-order valence-electron chi connectivity index (χ0n) is 14.3. The molecule has 2 nitrogen and oxygen atoms in total. The van der Waals surface area contributed by atoms with Crippen LogP contribution in [0.25, 0.3) is 0 Å². The quantitative estimate of drug-likeness (QED) is 0.788. The number of piperidine rings is 1. The van der Waals surface area contributed by atoms with E-state index in [0.717, 1.165) is 17.9 Å². The van der Waals surface area contributed by atoms with Crippen LogP contribution in [0.3, 0.4) is 0 Å². The standard InChI is InChI=1S/C18H36N2/c1-18(2,3)16-8-5-9-17(11-10-16)19-13-15-7-6-12-20(4)14-15/h15-17,19H,5-14H2,1-4H3. The van der Waals surface area contributed by atoms with E-state index in [-0.39, 0.29) is 0 Å². The molecule has 0 amide bonds. The second-order valence-electron chi connectivity index (χ2n) is 8.45. The Morgan fingerprint density at radius 3 is 2.50 bits per heavy atom. The smallest absolute Gasteiger partial charge is 0.00672 e. The molecule has 3 atom stereocenters. The van der Waals surface area contributed by atoms with Crippen LogP contribution < -0.4 is 5.32 Å². The Balaban J connectivity index is 1.71. The van der Waals surface area contributed by atoms with Crippen molar-refractivity contribution < 1.29 is 0 Å². The SMILES string of the molecule is CN1CCCC(CNC2CCCC(C(C)(C)C)CC2)C1. The van der Waals surface area contributed by atoms with Gasteiger partial charge < -0.3 is 10.2 Å². The summed E-state index contributed by atoms with van der Waals surface area (Å²) in [5, 5.41) is 3.90. The van der Waals surface area contributed by atoms with Gasteiger partial charge in [-0.25, -0.2) is 0 Å². The number of nitrogens with one attached hydrogen (secondary N) is 1. The van der Waals surface area contributed by atoms with Gasteiger partial charge in [0, 0.05) is 12.6 Å². The molecule has 0 aromatic heterocycles. The number of hydrogen-bond acceptors (Lipinski definition) is 2. The number of rotatable bonds is 3. The molecular weight excluding hydrogens is 244 g/mol. The molecule has 20 heavy (non-hydrogen) atoms. The number of hydrogen-bond donors (Lipinski definition) is 1. The van der Waals surface area contributed by atoms with Gasteiger partial charge in [-0.2, -0.15) is 0 Å². The van der Waals surface area contributed by atoms with Gasteiger partial charge in [0.15, 0.2) is 0 Å². The third kappa shape index (κ3) is 5.04. The molecular formula is C18H36N2. The lowest BCUT2D eigenvalue weighted by Crippen LogP contribution is -2.40. The van der Waals surface area contributed by atoms with Gasteiger partial charge >= 0.3 is 0 Å². The highest BCUT2D eigenvalue weighted by molar-refractivity contribution is 4.82. The minimum Gasteiger partial charge on any atom is -0.314 e. The number of likely N-dealkylation sites (tertiary alicyclic amines) is 1. The lowest BCUT2D eigenvalue weighted by atomic mass is 9.76. The topological polar surface area (TPSA) is 15.3 Å². The Kier molecular flexibility index (Phi) is 5.92. The zero-order chi connectivity index (χ0) is 14.6. The van der Waals surface area contributed by atoms with Gasteiger partial charge in [0.05, 0.1) is 0 Å². The Morgan fingerprint density at radius 1 is 1.00 bits per heavy atom. The molecule has 0 spiro atoms. The first-order valence-corrected chi connectivity index (χ1v) is 8.87. The summed E-state index contributed by atoms with van der Waals surface area (Å²) in [6.07, 6.45) is 9.89. The minimum absolute atomic E-state index is 0.501. The predicted molar refractivity (Wildman–Crippen MR) is 88.0 cm³/mol. The van der Waals surface area contributed by atoms with E-state index in [4.69, 9.17) is 0 Å². The maximum absolute atomic E-state index is 3.90. The molecule has 0 aromatic carbocycles. The fraction of sp³-hybridized carbons (Fsp3) is 1.00. The van der Waals surface area contributed by atoms with E-state index in [1.165, 1.54) is 64.6 Å². The highest BCUT2D eigenvalue weighted by atomic mass is 15.1. The summed E-state index contributed by atoms with van der Waals surface area (Å²) in [5.74, 6) is 1.81. The second kappa shape index (κ2) is 7.26. The first-order chi connectivity index (χ1) is 9.45. The summed E-state index contributed by atoms with van der Waals surface area (Å²) < 4.78 is 0. The van der Waals surface area contributed by atoms with Crippen molar-refractivity contribution in [3.05, 3.63) is 0 Å². The van der Waals surface area contributed by atoms with Crippen LogP contribution in [0.1, 0.15) is 65.7 Å². The molecule has 0 aromatic rings. The van der Waals surface area contributed by atoms with Crippen molar-refractivity contribution >= 4 is 0 Å². The minimum atomic E-state index is 0.501. The lowest BCUT2D eigenvalue weighted by Gasteiger charge is -2.31. The van der Waals surface area contributed by atoms with Crippen LogP contribution >= 0.6 is 0 Å². The molecule has 1 aliphatic carbocycles. The molecule has 1 heterocycles. The molecule has 2 fully saturated rings. The third-order valence-corrected chi connectivity index (χ3v) is 5.61. The fourth-order valence-corrected chi connectivity index (χ4v) is 4.15. The van der Waals surface area contributed by atoms with Crippen molar-refractivity contribution in [1.82, 2.24) is 10.2 Å². The molecule has 1 saturated heterocycles. The lowest BCUT2D eigenvalue weighted by molar-refractivity contribution is 0.198. The van der Waals surface area contributed by atoms with Gasteiger partial charge in [-0.05, 0) is 75.9 Å². The molecule has 3 unspecified atom stereocenters. The second-order valence-corrected chi connectivity index (χ2v) is 8.45. The molecule has 0 radical (unpaired) electrons. The van der Waals surface area contributed by atoms with E-state index < -0.39 is 0 Å². The van der Waals surface area contributed by atoms with Crippen LogP contribution in [0.4, 0.5) is 0 Å². The summed E-state index contributed by atoms with van der Waals surface area (Å²) in [6.45, 7) is 11.1. The van der Waals surface area contributed by atoms with E-state index in [9.17, 15) is 0 Å². The maximum Gasteiger partial charge on any atom is 0.00672 e. The highest BCUT2D eigenvalue weighted by Gasteiger charge is 2.28. The van der Waals surface area contributed by atoms with Gasteiger partial charge in [0.25, 0.3) is 0 Å². The Morgan fingerprint density at radius 2 is 1.80 bits per heavy atom. The third-order valence-electron chi connectivity index (χ3n) is 5.61. The summed E-state index contributed by atoms with van der Waals surface area (Å²) >= 11 is 0. The van der Waals surface area contributed by atoms with E-state index in [2.05, 4.69) is 38.0 Å². The van der Waals surface area contributed by atoms with Crippen molar-refractivity contribution in [3.63, 3.8) is 0 Å². The first kappa shape index (κ1) is 16.3. The molecule has 2 heteroatoms. The van der Waals surface area contributed by atoms with Crippen LogP contribution in [0.2, 0.25) is 0 Å². The summed E-state index contributed by atoms with van der Waals surface area (Å²) in [6, 6.07) is 0.787. The average Bonchev–Trinajstić information content (AvgIpc) is 2.61. The zero-order valence-corrected chi connectivity index (χ0v) is 14.3. The molecule has 1 N–H and O–H groups in total. The van der Waals surface area contributed by atoms with Crippen molar-refractivity contribution in [2.75, 3.05) is 26.7 Å². The van der Waals surface area contributed by atoms with Crippen molar-refractivity contribution in [3.8, 4) is 0 Å². The maximum atomic E-state index is 3.90. The summed E-state index contributed by atoms with van der Waals surface area (Å²) in [4.78, 5) is 2.50. The van der Waals surface area contributed by atoms with Crippen LogP contribution in [0.15, 0.2) is 0 Å². The number of nitrogens with zero attached hydrogens (tertiary/aromatic N) is 1. The average molecular weight is 280 g/mol. The monoisotopic (exact) mass is 280 g/mol. The molecule has 2 aliphatic rings. The van der Waals surface area contributed by atoms with Gasteiger partial charge in [-0.1, -0.05) is 27.2 Å². The normalized spacial score (nSPS) is 33.9. The van der Waals surface area contributed by atoms with Crippen molar-refractivity contribution in [2.45, 2.75) is 71.8 Å². The highest BCUT2D eigenvalue weighted by Crippen LogP contribution is 2.36. The van der Waals surface area contributed by atoms with Crippen LogP contribution in [-0.2, 0) is 0 Å². The van der Waals surface area contributed by atoms with Gasteiger partial charge in [0.1, 0.15) is 0 Å². The molecule has 1 saturated carbocycles. The Bertz CT molecular complexity index is 282. The van der Waals surface area contributed by atoms with E-state index in [1.807, 2.05) is 0 Å². The van der Waals surface area contributed by atoms with Crippen molar-refractivity contribution in [2.24, 2.45) is 17.3 Å². The molecule has 2 rings (SSSR count). The van der Waals surface area contributed by atoms with Crippen LogP contribution in [0, 0.1) is 17.3 Å². The summed E-state index contributed by atoms with van der Waals surface area (Å²) in [7, 11) is 2.27. The van der Waals surface area contributed by atoms with Crippen molar-refractivity contribution in [1.29, 1.82) is 0 Å². The van der Waals surface area contributed by atoms with E-state index >= 15 is 0 Å². The predicted octanol–water partition coefficient (Wildman–Crippen LogP) is 3.91. The molecule has 0 bridgehead atoms. The van der Waals surface area contributed by atoms with Crippen LogP contribution in [-0.4, -0.2) is 37.6 Å². The Labute approximate surface area is 126 Å². The fourth-order valence-electron chi connectivity index (χ4n) is 4.15. The largest absolute Gasteiger partial charge is 0.314 e. The van der Waals surface area contributed by atoms with E-state index in [0.29, 0.717) is 5.41 Å². The van der Waals surface area contributed by atoms with E-state index in [1.54, 1.807) is 0 Å². The first-order valence-electron chi connectivity index (χ1n) is 8.87.